The van der Waals surface area contributed by atoms with Crippen LogP contribution in [0, 0.1) is 11.8 Å². The summed E-state index contributed by atoms with van der Waals surface area (Å²) in [4.78, 5) is 177. The second-order valence-electron chi connectivity index (χ2n) is 26.4. The zero-order valence-corrected chi connectivity index (χ0v) is 60.4. The van der Waals surface area contributed by atoms with Crippen molar-refractivity contribution in [2.45, 2.75) is 212 Å². The topological polar surface area (TPSA) is 545 Å². The Hall–Kier alpha value is -9.92. The van der Waals surface area contributed by atoms with Gasteiger partial charge >= 0.3 is 0 Å². The Labute approximate surface area is 602 Å². The molecular weight excluding hydrogens is 1330 g/mol. The Morgan fingerprint density at radius 2 is 0.971 bits per heavy atom. The number of nitrogens with two attached hydrogens (primary N) is 5. The Kier molecular flexibility index (Phi) is 40.7. The largest absolute Gasteiger partial charge is 0.508 e. The van der Waals surface area contributed by atoms with Crippen molar-refractivity contribution in [2.24, 2.45) is 45.5 Å². The number of phenolic OH excluding ortho intramolecular Hbond substituents is 1. The minimum atomic E-state index is -1.23. The first-order valence-corrected chi connectivity index (χ1v) is 35.6. The molecule has 0 saturated heterocycles. The van der Waals surface area contributed by atoms with E-state index in [2.05, 4.69) is 73.8 Å². The molecule has 103 heavy (non-hydrogen) atoms. The molecule has 0 aliphatic carbocycles. The van der Waals surface area contributed by atoms with Crippen LogP contribution in [0.5, 0.6) is 5.75 Å². The smallest absolute Gasteiger partial charge is 0.243 e. The van der Waals surface area contributed by atoms with Gasteiger partial charge in [-0.2, -0.15) is 0 Å². The third kappa shape index (κ3) is 36.0. The molecule has 33 heteroatoms. The molecule has 2 aromatic carbocycles. The number of carbonyl (C=O) groups is 13. The highest BCUT2D eigenvalue weighted by Gasteiger charge is 2.32. The maximum absolute atomic E-state index is 14.0. The molecule has 0 aliphatic heterocycles. The third-order valence-corrected chi connectivity index (χ3v) is 16.5. The summed E-state index contributed by atoms with van der Waals surface area (Å²) in [5.41, 5.74) is 30.9. The van der Waals surface area contributed by atoms with Gasteiger partial charge in [0.1, 0.15) is 48.0 Å². The number of unbranched alkanes of at least 4 members (excludes halogenated alkanes) is 4. The Morgan fingerprint density at radius 1 is 0.476 bits per heavy atom. The number of rotatable bonds is 51. The van der Waals surface area contributed by atoms with Crippen molar-refractivity contribution in [3.05, 3.63) is 65.9 Å². The first-order valence-electron chi connectivity index (χ1n) is 35.6. The highest BCUT2D eigenvalue weighted by molar-refractivity contribution is 5.97. The number of hydrogen-bond acceptors (Lipinski definition) is 17. The van der Waals surface area contributed by atoms with Crippen molar-refractivity contribution in [1.29, 1.82) is 0 Å². The first-order chi connectivity index (χ1) is 49.0. The van der Waals surface area contributed by atoms with E-state index in [0.29, 0.717) is 83.0 Å². The Balaban J connectivity index is 1.35. The maximum atomic E-state index is 14.0. The molecular formula is C70H113N19O14. The quantitative estimate of drug-likeness (QED) is 0.0177. The summed E-state index contributed by atoms with van der Waals surface area (Å²) in [6, 6.07) is 5.18. The number of amides is 13. The summed E-state index contributed by atoms with van der Waals surface area (Å²) >= 11 is 0. The number of benzene rings is 2. The molecule has 0 fully saturated rings. The molecule has 0 bridgehead atoms. The van der Waals surface area contributed by atoms with E-state index >= 15 is 0 Å². The number of fused-ring (bicyclic) bond motifs is 1. The number of aromatic amines is 1. The van der Waals surface area contributed by atoms with Crippen molar-refractivity contribution in [3.8, 4) is 5.75 Å². The van der Waals surface area contributed by atoms with Gasteiger partial charge in [-0.1, -0.05) is 65.0 Å². The molecule has 33 nitrogen and oxygen atoms in total. The molecule has 3 aromatic rings. The number of carbonyl (C=O) groups excluding carboxylic acids is 13. The van der Waals surface area contributed by atoms with Crippen LogP contribution in [-0.2, 0) is 75.2 Å². The zero-order valence-electron chi connectivity index (χ0n) is 60.4. The van der Waals surface area contributed by atoms with Gasteiger partial charge in [-0.05, 0) is 151 Å². The number of hydrogen-bond donors (Lipinski definition) is 19. The monoisotopic (exact) mass is 1440 g/mol. The number of aromatic nitrogens is 1. The average molecular weight is 1440 g/mol. The van der Waals surface area contributed by atoms with Gasteiger partial charge in [0.2, 0.25) is 76.8 Å². The van der Waals surface area contributed by atoms with Gasteiger partial charge in [-0.25, -0.2) is 0 Å². The number of phenols is 1. The van der Waals surface area contributed by atoms with Crippen LogP contribution in [0.1, 0.15) is 162 Å². The van der Waals surface area contributed by atoms with Crippen LogP contribution in [0.2, 0.25) is 0 Å². The van der Waals surface area contributed by atoms with E-state index in [-0.39, 0.29) is 113 Å². The van der Waals surface area contributed by atoms with Crippen molar-refractivity contribution in [1.82, 2.24) is 68.8 Å². The van der Waals surface area contributed by atoms with Crippen molar-refractivity contribution >= 4 is 93.7 Å². The number of aromatic hydroxyl groups is 1. The molecule has 13 amide bonds. The lowest BCUT2D eigenvalue weighted by Crippen LogP contribution is -2.57. The predicted octanol–water partition coefficient (Wildman–Crippen LogP) is -1.34. The molecule has 0 aliphatic rings. The fourth-order valence-electron chi connectivity index (χ4n) is 10.8. The number of nitrogens with one attached hydrogen (secondary N) is 13. The van der Waals surface area contributed by atoms with Gasteiger partial charge in [0.25, 0.3) is 0 Å². The highest BCUT2D eigenvalue weighted by atomic mass is 16.3. The van der Waals surface area contributed by atoms with Crippen LogP contribution in [0.15, 0.2) is 59.7 Å². The van der Waals surface area contributed by atoms with Crippen molar-refractivity contribution < 1.29 is 67.4 Å². The van der Waals surface area contributed by atoms with E-state index in [4.69, 9.17) is 28.7 Å². The molecule has 0 unspecified atom stereocenters. The standard InChI is InChI=1S/C70H113N19O14/c1-7-50(65(99)82-41-61(95)85-55(36-43(4)5)68(102)88-54(62(73)96)35-42(2)3)86-63(97)44(6)83-67(101)53(22-18-34-79-70(74)75)84-60(94)40-81-59(93)25-12-16-32-77-57(91)23-11-15-31-76-58(92)24-13-17-33-78-66(100)52(21-10-14-30-71)87-69(103)56(37-45-26-28-47(90)29-27-45)89-64(98)49(72)38-46-39-80-51-20-9-8-19-48(46)51/h8-9,19-20,26-29,39,42-44,49-50,52-56,80,90H,7,10-18,21-25,30-38,40-41,71-72H2,1-6H3,(H2,73,96)(H,76,92)(H,77,91)(H,78,100)(H,81,93)(H,82,99)(H,83,101)(H,84,94)(H,85,95)(H,86,97)(H,87,103)(H,88,102)(H,89,98)(H4,74,75,79)/t44-,49-,50-,52-,53-,54-,55-,56-/m0/s1. The summed E-state index contributed by atoms with van der Waals surface area (Å²) < 4.78 is 0. The number of guanidine groups is 1. The first kappa shape index (κ1) is 87.3. The van der Waals surface area contributed by atoms with Crippen molar-refractivity contribution in [3.63, 3.8) is 0 Å². The molecule has 1 heterocycles. The minimum absolute atomic E-state index is 0.0217. The van der Waals surface area contributed by atoms with Gasteiger partial charge in [0.05, 0.1) is 19.1 Å². The fourth-order valence-corrected chi connectivity index (χ4v) is 10.8. The molecule has 1 aromatic heterocycles. The highest BCUT2D eigenvalue weighted by Crippen LogP contribution is 2.20. The van der Waals surface area contributed by atoms with Crippen LogP contribution in [0.3, 0.4) is 0 Å². The van der Waals surface area contributed by atoms with Crippen LogP contribution >= 0.6 is 0 Å². The second kappa shape index (κ2) is 48.1. The summed E-state index contributed by atoms with van der Waals surface area (Å²) in [7, 11) is 0. The van der Waals surface area contributed by atoms with Gasteiger partial charge in [0.15, 0.2) is 5.96 Å². The van der Waals surface area contributed by atoms with Gasteiger partial charge < -0.3 is 103 Å². The molecule has 3 rings (SSSR count). The summed E-state index contributed by atoms with van der Waals surface area (Å²) in [5, 5.41) is 42.7. The van der Waals surface area contributed by atoms with Crippen LogP contribution in [0.25, 0.3) is 10.9 Å². The summed E-state index contributed by atoms with van der Waals surface area (Å²) in [5.74, 6) is -7.61. The van der Waals surface area contributed by atoms with E-state index in [1.54, 1.807) is 25.3 Å². The van der Waals surface area contributed by atoms with Crippen LogP contribution in [0.4, 0.5) is 0 Å². The predicted molar refractivity (Wildman–Crippen MR) is 389 cm³/mol. The number of nitrogens with zero attached hydrogens (tertiary/aromatic N) is 1. The molecule has 0 radical (unpaired) electrons. The van der Waals surface area contributed by atoms with E-state index < -0.39 is 126 Å². The Morgan fingerprint density at radius 3 is 1.55 bits per heavy atom. The average Bonchev–Trinajstić information content (AvgIpc) is 1.73. The molecule has 8 atom stereocenters. The summed E-state index contributed by atoms with van der Waals surface area (Å²) in [6.07, 6.45) is 7.55. The Bertz CT molecular complexity index is 3270. The SMILES string of the molecule is CC[C@H](NC(=O)[C@H](C)NC(=O)[C@H](CCCN=C(N)N)NC(=O)CNC(=O)CCCCNC(=O)CCCCNC(=O)CCCCNC(=O)[C@H](CCCCN)NC(=O)[C@H](Cc1ccc(O)cc1)NC(=O)[C@@H](N)Cc1c[nH]c2ccccc12)C(=O)NCC(=O)N[C@@H](CC(C)C)C(=O)N[C@@H](CC(C)C)C(N)=O. The van der Waals surface area contributed by atoms with Gasteiger partial charge in [-0.15, -0.1) is 0 Å². The normalized spacial score (nSPS) is 13.4. The molecule has 0 spiro atoms. The van der Waals surface area contributed by atoms with E-state index in [1.807, 2.05) is 52.0 Å². The fraction of sp³-hybridized carbons (Fsp3) is 0.600. The number of H-pyrrole nitrogens is 1. The lowest BCUT2D eigenvalue weighted by atomic mass is 10.00. The van der Waals surface area contributed by atoms with E-state index in [0.717, 1.165) is 16.5 Å². The number of para-hydroxylation sites is 1. The van der Waals surface area contributed by atoms with Crippen molar-refractivity contribution in [2.75, 3.05) is 45.8 Å². The zero-order chi connectivity index (χ0) is 76.4. The molecule has 24 N–H and O–H groups in total. The number of primary amides is 1. The lowest BCUT2D eigenvalue weighted by molar-refractivity contribution is -0.134. The molecule has 0 saturated carbocycles. The number of aliphatic imine (C=N–C) groups is 1. The third-order valence-electron chi connectivity index (χ3n) is 16.5. The van der Waals surface area contributed by atoms with Gasteiger partial charge in [0, 0.05) is 69.0 Å². The summed E-state index contributed by atoms with van der Waals surface area (Å²) in [6.45, 7) is 10.7. The lowest BCUT2D eigenvalue weighted by Gasteiger charge is -2.24. The molecule has 572 valence electrons. The van der Waals surface area contributed by atoms with Crippen LogP contribution < -0.4 is 92.5 Å². The van der Waals surface area contributed by atoms with Gasteiger partial charge in [-0.3, -0.25) is 67.3 Å². The minimum Gasteiger partial charge on any atom is -0.508 e. The van der Waals surface area contributed by atoms with Crippen LogP contribution in [-0.4, -0.2) is 187 Å². The van der Waals surface area contributed by atoms with E-state index in [1.165, 1.54) is 19.1 Å². The van der Waals surface area contributed by atoms with E-state index in [9.17, 15) is 67.4 Å². The second-order valence-corrected chi connectivity index (χ2v) is 26.4. The maximum Gasteiger partial charge on any atom is 0.243 e.